The standard InChI is InChI=1S/C23H20BrN5OS/c1-15-5-6-16(2)20(12-15)26-21(30)14-31-23-28-27-22(17-4-3-11-25-13-17)29(23)19-9-7-18(24)8-10-19/h3-13H,14H2,1-2H3,(H,26,30). The topological polar surface area (TPSA) is 72.7 Å². The second-order valence-corrected chi connectivity index (χ2v) is 8.87. The van der Waals surface area contributed by atoms with Crippen molar-refractivity contribution in [1.29, 1.82) is 0 Å². The van der Waals surface area contributed by atoms with E-state index in [9.17, 15) is 4.79 Å². The van der Waals surface area contributed by atoms with Gasteiger partial charge in [-0.2, -0.15) is 0 Å². The van der Waals surface area contributed by atoms with Gasteiger partial charge in [0.15, 0.2) is 11.0 Å². The number of aryl methyl sites for hydroxylation is 2. The summed E-state index contributed by atoms with van der Waals surface area (Å²) in [4.78, 5) is 16.8. The highest BCUT2D eigenvalue weighted by atomic mass is 79.9. The Balaban J connectivity index is 1.59. The molecule has 156 valence electrons. The van der Waals surface area contributed by atoms with Gasteiger partial charge >= 0.3 is 0 Å². The number of benzene rings is 2. The summed E-state index contributed by atoms with van der Waals surface area (Å²) in [6, 6.07) is 17.7. The Hall–Kier alpha value is -2.97. The quantitative estimate of drug-likeness (QED) is 0.362. The smallest absolute Gasteiger partial charge is 0.234 e. The molecule has 0 aliphatic carbocycles. The Bertz CT molecular complexity index is 1210. The average molecular weight is 494 g/mol. The van der Waals surface area contributed by atoms with E-state index in [1.54, 1.807) is 12.4 Å². The zero-order chi connectivity index (χ0) is 21.8. The average Bonchev–Trinajstić information content (AvgIpc) is 3.20. The van der Waals surface area contributed by atoms with Crippen LogP contribution in [0.4, 0.5) is 5.69 Å². The van der Waals surface area contributed by atoms with Crippen LogP contribution in [0.25, 0.3) is 17.1 Å². The molecule has 2 heterocycles. The van der Waals surface area contributed by atoms with Gasteiger partial charge in [0.05, 0.1) is 5.75 Å². The van der Waals surface area contributed by atoms with Gasteiger partial charge in [0, 0.05) is 33.8 Å². The molecule has 0 fully saturated rings. The number of nitrogens with one attached hydrogen (secondary N) is 1. The van der Waals surface area contributed by atoms with Crippen molar-refractivity contribution >= 4 is 39.3 Å². The van der Waals surface area contributed by atoms with E-state index in [0.29, 0.717) is 11.0 Å². The van der Waals surface area contributed by atoms with Crippen LogP contribution in [0.1, 0.15) is 11.1 Å². The molecule has 2 aromatic carbocycles. The molecule has 4 aromatic rings. The molecule has 0 aliphatic rings. The second-order valence-electron chi connectivity index (χ2n) is 7.01. The van der Waals surface area contributed by atoms with E-state index in [1.165, 1.54) is 11.8 Å². The van der Waals surface area contributed by atoms with Gasteiger partial charge in [-0.05, 0) is 67.4 Å². The number of hydrogen-bond donors (Lipinski definition) is 1. The largest absolute Gasteiger partial charge is 0.325 e. The molecule has 0 aliphatic heterocycles. The van der Waals surface area contributed by atoms with E-state index < -0.39 is 0 Å². The zero-order valence-electron chi connectivity index (χ0n) is 17.0. The number of halogens is 1. The van der Waals surface area contributed by atoms with Gasteiger partial charge in [0.25, 0.3) is 0 Å². The predicted molar refractivity (Wildman–Crippen MR) is 128 cm³/mol. The van der Waals surface area contributed by atoms with E-state index in [1.807, 2.05) is 73.0 Å². The molecular formula is C23H20BrN5OS. The Morgan fingerprint density at radius 2 is 1.90 bits per heavy atom. The molecule has 31 heavy (non-hydrogen) atoms. The predicted octanol–water partition coefficient (Wildman–Crippen LogP) is 5.44. The number of rotatable bonds is 6. The summed E-state index contributed by atoms with van der Waals surface area (Å²) in [5.41, 5.74) is 4.72. The first-order valence-electron chi connectivity index (χ1n) is 9.63. The van der Waals surface area contributed by atoms with E-state index in [2.05, 4.69) is 36.4 Å². The molecule has 0 radical (unpaired) electrons. The number of carbonyl (C=O) groups excluding carboxylic acids is 1. The third-order valence-corrected chi connectivity index (χ3v) is 6.10. The lowest BCUT2D eigenvalue weighted by Gasteiger charge is -2.11. The molecule has 6 nitrogen and oxygen atoms in total. The molecule has 4 rings (SSSR count). The number of nitrogens with zero attached hydrogens (tertiary/aromatic N) is 4. The van der Waals surface area contributed by atoms with Gasteiger partial charge in [-0.25, -0.2) is 0 Å². The molecule has 8 heteroatoms. The maximum Gasteiger partial charge on any atom is 0.234 e. The first kappa shape index (κ1) is 21.3. The lowest BCUT2D eigenvalue weighted by Crippen LogP contribution is -2.15. The van der Waals surface area contributed by atoms with Gasteiger partial charge in [0.1, 0.15) is 0 Å². The molecule has 0 bridgehead atoms. The highest BCUT2D eigenvalue weighted by molar-refractivity contribution is 9.10. The number of anilines is 1. The number of pyridine rings is 1. The lowest BCUT2D eigenvalue weighted by atomic mass is 10.1. The molecule has 1 N–H and O–H groups in total. The van der Waals surface area contributed by atoms with Crippen molar-refractivity contribution in [1.82, 2.24) is 19.7 Å². The highest BCUT2D eigenvalue weighted by Gasteiger charge is 2.17. The van der Waals surface area contributed by atoms with Crippen molar-refractivity contribution in [2.24, 2.45) is 0 Å². The van der Waals surface area contributed by atoms with Crippen LogP contribution < -0.4 is 5.32 Å². The first-order valence-corrected chi connectivity index (χ1v) is 11.4. The summed E-state index contributed by atoms with van der Waals surface area (Å²) in [6.07, 6.45) is 3.47. The van der Waals surface area contributed by atoms with Crippen molar-refractivity contribution in [2.75, 3.05) is 11.1 Å². The van der Waals surface area contributed by atoms with Crippen molar-refractivity contribution in [3.8, 4) is 17.1 Å². The maximum absolute atomic E-state index is 12.6. The number of aromatic nitrogens is 4. The van der Waals surface area contributed by atoms with Crippen LogP contribution >= 0.6 is 27.7 Å². The molecule has 0 spiro atoms. The Morgan fingerprint density at radius 1 is 1.10 bits per heavy atom. The van der Waals surface area contributed by atoms with Gasteiger partial charge in [-0.1, -0.05) is 39.8 Å². The fourth-order valence-corrected chi connectivity index (χ4v) is 4.07. The summed E-state index contributed by atoms with van der Waals surface area (Å²) >= 11 is 4.82. The molecule has 1 amide bonds. The summed E-state index contributed by atoms with van der Waals surface area (Å²) in [5, 5.41) is 12.4. The van der Waals surface area contributed by atoms with Gasteiger partial charge in [-0.15, -0.1) is 10.2 Å². The van der Waals surface area contributed by atoms with Crippen LogP contribution in [-0.4, -0.2) is 31.4 Å². The molecule has 0 atom stereocenters. The highest BCUT2D eigenvalue weighted by Crippen LogP contribution is 2.28. The van der Waals surface area contributed by atoms with Crippen LogP contribution in [0.5, 0.6) is 0 Å². The Labute approximate surface area is 193 Å². The van der Waals surface area contributed by atoms with E-state index in [-0.39, 0.29) is 11.7 Å². The van der Waals surface area contributed by atoms with Crippen LogP contribution in [0, 0.1) is 13.8 Å². The van der Waals surface area contributed by atoms with Crippen LogP contribution in [0.2, 0.25) is 0 Å². The molecular weight excluding hydrogens is 474 g/mol. The monoisotopic (exact) mass is 493 g/mol. The number of amides is 1. The Kier molecular flexibility index (Phi) is 6.48. The molecule has 0 unspecified atom stereocenters. The number of thioether (sulfide) groups is 1. The third kappa shape index (κ3) is 5.03. The number of hydrogen-bond acceptors (Lipinski definition) is 5. The normalized spacial score (nSPS) is 10.8. The fraction of sp³-hybridized carbons (Fsp3) is 0.130. The summed E-state index contributed by atoms with van der Waals surface area (Å²) in [5.74, 6) is 0.801. The zero-order valence-corrected chi connectivity index (χ0v) is 19.4. The van der Waals surface area contributed by atoms with Crippen LogP contribution in [-0.2, 0) is 4.79 Å². The minimum Gasteiger partial charge on any atom is -0.325 e. The maximum atomic E-state index is 12.6. The second kappa shape index (κ2) is 9.45. The van der Waals surface area contributed by atoms with Gasteiger partial charge in [0.2, 0.25) is 5.91 Å². The van der Waals surface area contributed by atoms with Crippen molar-refractivity contribution < 1.29 is 4.79 Å². The van der Waals surface area contributed by atoms with Gasteiger partial charge < -0.3 is 5.32 Å². The Morgan fingerprint density at radius 3 is 2.65 bits per heavy atom. The first-order chi connectivity index (χ1) is 15.0. The lowest BCUT2D eigenvalue weighted by molar-refractivity contribution is -0.113. The van der Waals surface area contributed by atoms with Crippen molar-refractivity contribution in [3.05, 3.63) is 82.6 Å². The van der Waals surface area contributed by atoms with Crippen molar-refractivity contribution in [3.63, 3.8) is 0 Å². The van der Waals surface area contributed by atoms with Gasteiger partial charge in [-0.3, -0.25) is 14.3 Å². The van der Waals surface area contributed by atoms with E-state index in [0.717, 1.165) is 32.5 Å². The summed E-state index contributed by atoms with van der Waals surface area (Å²) in [6.45, 7) is 3.98. The van der Waals surface area contributed by atoms with Crippen LogP contribution in [0.15, 0.2) is 76.6 Å². The molecule has 0 saturated heterocycles. The molecule has 0 saturated carbocycles. The van der Waals surface area contributed by atoms with E-state index in [4.69, 9.17) is 0 Å². The SMILES string of the molecule is Cc1ccc(C)c(NC(=O)CSc2nnc(-c3cccnc3)n2-c2ccc(Br)cc2)c1. The summed E-state index contributed by atoms with van der Waals surface area (Å²) in [7, 11) is 0. The van der Waals surface area contributed by atoms with Crippen LogP contribution in [0.3, 0.4) is 0 Å². The summed E-state index contributed by atoms with van der Waals surface area (Å²) < 4.78 is 2.92. The third-order valence-electron chi connectivity index (χ3n) is 4.64. The fourth-order valence-electron chi connectivity index (χ4n) is 3.06. The molecule has 2 aromatic heterocycles. The van der Waals surface area contributed by atoms with Crippen molar-refractivity contribution in [2.45, 2.75) is 19.0 Å². The van der Waals surface area contributed by atoms with E-state index >= 15 is 0 Å². The minimum absolute atomic E-state index is 0.0908. The number of carbonyl (C=O) groups is 1. The minimum atomic E-state index is -0.0908.